The SMILES string of the molecule is CCN(Cc1ccco1)c1ccc(C=O)o1. The molecule has 0 N–H and O–H groups in total. The van der Waals surface area contributed by atoms with E-state index in [1.165, 1.54) is 0 Å². The van der Waals surface area contributed by atoms with Gasteiger partial charge >= 0.3 is 0 Å². The number of nitrogens with zero attached hydrogens (tertiary/aromatic N) is 1. The summed E-state index contributed by atoms with van der Waals surface area (Å²) in [7, 11) is 0. The van der Waals surface area contributed by atoms with Crippen LogP contribution in [-0.2, 0) is 6.54 Å². The van der Waals surface area contributed by atoms with Gasteiger partial charge in [0, 0.05) is 12.6 Å². The average Bonchev–Trinajstić information content (AvgIpc) is 2.96. The molecule has 2 aromatic heterocycles. The molecule has 0 aromatic carbocycles. The Hall–Kier alpha value is -1.97. The molecule has 0 saturated carbocycles. The number of hydrogen-bond donors (Lipinski definition) is 0. The molecular weight excluding hydrogens is 206 g/mol. The van der Waals surface area contributed by atoms with Crippen molar-refractivity contribution in [3.63, 3.8) is 0 Å². The number of rotatable bonds is 5. The Morgan fingerprint density at radius 1 is 1.38 bits per heavy atom. The van der Waals surface area contributed by atoms with Crippen LogP contribution >= 0.6 is 0 Å². The highest BCUT2D eigenvalue weighted by Gasteiger charge is 2.10. The Bertz CT molecular complexity index is 445. The lowest BCUT2D eigenvalue weighted by Crippen LogP contribution is -2.20. The minimum atomic E-state index is 0.341. The van der Waals surface area contributed by atoms with Crippen molar-refractivity contribution >= 4 is 12.2 Å². The molecule has 2 rings (SSSR count). The third-order valence-electron chi connectivity index (χ3n) is 2.35. The molecule has 0 spiro atoms. The standard InChI is InChI=1S/C12H13NO3/c1-2-13(8-10-4-3-7-15-10)12-6-5-11(9-14)16-12/h3-7,9H,2,8H2,1H3. The highest BCUT2D eigenvalue weighted by molar-refractivity contribution is 5.71. The maximum absolute atomic E-state index is 10.5. The van der Waals surface area contributed by atoms with Crippen molar-refractivity contribution in [2.45, 2.75) is 13.5 Å². The summed E-state index contributed by atoms with van der Waals surface area (Å²) in [4.78, 5) is 12.5. The van der Waals surface area contributed by atoms with Crippen molar-refractivity contribution in [3.8, 4) is 0 Å². The Labute approximate surface area is 93.5 Å². The molecule has 0 radical (unpaired) electrons. The predicted octanol–water partition coefficient (Wildman–Crippen LogP) is 2.71. The normalized spacial score (nSPS) is 10.3. The first-order valence-corrected chi connectivity index (χ1v) is 5.16. The summed E-state index contributed by atoms with van der Waals surface area (Å²) in [6, 6.07) is 7.21. The van der Waals surface area contributed by atoms with E-state index in [0.717, 1.165) is 12.3 Å². The van der Waals surface area contributed by atoms with E-state index in [4.69, 9.17) is 8.83 Å². The molecule has 0 fully saturated rings. The molecule has 0 atom stereocenters. The van der Waals surface area contributed by atoms with E-state index in [0.29, 0.717) is 24.5 Å². The Morgan fingerprint density at radius 2 is 2.25 bits per heavy atom. The number of aldehydes is 1. The Balaban J connectivity index is 2.12. The molecule has 0 amide bonds. The van der Waals surface area contributed by atoms with E-state index in [-0.39, 0.29) is 0 Å². The fraction of sp³-hybridized carbons (Fsp3) is 0.250. The molecule has 0 saturated heterocycles. The van der Waals surface area contributed by atoms with Gasteiger partial charge in [-0.25, -0.2) is 0 Å². The first kappa shape index (κ1) is 10.5. The Kier molecular flexibility index (Phi) is 3.10. The summed E-state index contributed by atoms with van der Waals surface area (Å²) in [6.45, 7) is 3.44. The molecule has 4 heteroatoms. The van der Waals surface area contributed by atoms with Crippen LogP contribution in [0.4, 0.5) is 5.88 Å². The van der Waals surface area contributed by atoms with E-state index in [1.54, 1.807) is 18.4 Å². The molecule has 0 aliphatic rings. The van der Waals surface area contributed by atoms with Crippen LogP contribution < -0.4 is 4.90 Å². The van der Waals surface area contributed by atoms with Gasteiger partial charge in [0.05, 0.1) is 12.8 Å². The van der Waals surface area contributed by atoms with E-state index < -0.39 is 0 Å². The molecule has 0 bridgehead atoms. The van der Waals surface area contributed by atoms with Crippen molar-refractivity contribution < 1.29 is 13.6 Å². The minimum Gasteiger partial charge on any atom is -0.467 e. The molecule has 2 heterocycles. The molecule has 16 heavy (non-hydrogen) atoms. The number of hydrogen-bond acceptors (Lipinski definition) is 4. The van der Waals surface area contributed by atoms with E-state index >= 15 is 0 Å². The zero-order valence-electron chi connectivity index (χ0n) is 9.05. The minimum absolute atomic E-state index is 0.341. The third kappa shape index (κ3) is 2.16. The van der Waals surface area contributed by atoms with Crippen molar-refractivity contribution in [2.24, 2.45) is 0 Å². The zero-order chi connectivity index (χ0) is 11.4. The van der Waals surface area contributed by atoms with Crippen LogP contribution in [0.1, 0.15) is 23.2 Å². The number of furan rings is 2. The van der Waals surface area contributed by atoms with Crippen LogP contribution in [-0.4, -0.2) is 12.8 Å². The van der Waals surface area contributed by atoms with Crippen LogP contribution in [0.15, 0.2) is 39.4 Å². The number of anilines is 1. The van der Waals surface area contributed by atoms with Crippen LogP contribution in [0, 0.1) is 0 Å². The smallest absolute Gasteiger partial charge is 0.196 e. The molecule has 2 aromatic rings. The molecule has 84 valence electrons. The average molecular weight is 219 g/mol. The Morgan fingerprint density at radius 3 is 2.81 bits per heavy atom. The summed E-state index contributed by atoms with van der Waals surface area (Å²) >= 11 is 0. The second-order valence-corrected chi connectivity index (χ2v) is 3.39. The van der Waals surface area contributed by atoms with Crippen LogP contribution in [0.5, 0.6) is 0 Å². The molecule has 0 aliphatic carbocycles. The van der Waals surface area contributed by atoms with E-state index in [9.17, 15) is 4.79 Å². The summed E-state index contributed by atoms with van der Waals surface area (Å²) in [6.07, 6.45) is 2.34. The molecule has 0 unspecified atom stereocenters. The fourth-order valence-electron chi connectivity index (χ4n) is 1.51. The van der Waals surface area contributed by atoms with Gasteiger partial charge in [-0.1, -0.05) is 0 Å². The summed E-state index contributed by atoms with van der Waals surface area (Å²) in [5.74, 6) is 1.89. The van der Waals surface area contributed by atoms with Gasteiger partial charge in [-0.2, -0.15) is 0 Å². The lowest BCUT2D eigenvalue weighted by Gasteiger charge is -2.18. The molecule has 0 aliphatic heterocycles. The first-order valence-electron chi connectivity index (χ1n) is 5.16. The van der Waals surface area contributed by atoms with Gasteiger partial charge < -0.3 is 13.7 Å². The van der Waals surface area contributed by atoms with Gasteiger partial charge in [0.25, 0.3) is 0 Å². The van der Waals surface area contributed by atoms with Crippen LogP contribution in [0.3, 0.4) is 0 Å². The van der Waals surface area contributed by atoms with Crippen molar-refractivity contribution in [1.29, 1.82) is 0 Å². The largest absolute Gasteiger partial charge is 0.467 e. The van der Waals surface area contributed by atoms with Crippen molar-refractivity contribution in [2.75, 3.05) is 11.4 Å². The lowest BCUT2D eigenvalue weighted by molar-refractivity contribution is 0.110. The van der Waals surface area contributed by atoms with E-state index in [2.05, 4.69) is 0 Å². The van der Waals surface area contributed by atoms with Crippen molar-refractivity contribution in [3.05, 3.63) is 42.0 Å². The van der Waals surface area contributed by atoms with Crippen LogP contribution in [0.2, 0.25) is 0 Å². The predicted molar refractivity (Wildman–Crippen MR) is 59.5 cm³/mol. The van der Waals surface area contributed by atoms with Crippen molar-refractivity contribution in [1.82, 2.24) is 0 Å². The van der Waals surface area contributed by atoms with Crippen LogP contribution in [0.25, 0.3) is 0 Å². The maximum atomic E-state index is 10.5. The fourth-order valence-corrected chi connectivity index (χ4v) is 1.51. The van der Waals surface area contributed by atoms with E-state index in [1.807, 2.05) is 24.0 Å². The lowest BCUT2D eigenvalue weighted by atomic mass is 10.4. The number of carbonyl (C=O) groups excluding carboxylic acids is 1. The monoisotopic (exact) mass is 219 g/mol. The zero-order valence-corrected chi connectivity index (χ0v) is 9.05. The molecular formula is C12H13NO3. The highest BCUT2D eigenvalue weighted by Crippen LogP contribution is 2.19. The quantitative estimate of drug-likeness (QED) is 0.725. The molecule has 4 nitrogen and oxygen atoms in total. The summed E-state index contributed by atoms with van der Waals surface area (Å²) in [5.41, 5.74) is 0. The second kappa shape index (κ2) is 4.70. The van der Waals surface area contributed by atoms with Gasteiger partial charge in [-0.3, -0.25) is 4.79 Å². The van der Waals surface area contributed by atoms with Gasteiger partial charge in [0.2, 0.25) is 0 Å². The first-order chi connectivity index (χ1) is 7.83. The van der Waals surface area contributed by atoms with Gasteiger partial charge in [0.1, 0.15) is 5.76 Å². The highest BCUT2D eigenvalue weighted by atomic mass is 16.4. The third-order valence-corrected chi connectivity index (χ3v) is 2.35. The van der Waals surface area contributed by atoms with Gasteiger partial charge in [-0.05, 0) is 25.1 Å². The summed E-state index contributed by atoms with van der Waals surface area (Å²) < 4.78 is 10.6. The second-order valence-electron chi connectivity index (χ2n) is 3.39. The van der Waals surface area contributed by atoms with Gasteiger partial charge in [-0.15, -0.1) is 0 Å². The number of carbonyl (C=O) groups is 1. The summed E-state index contributed by atoms with van der Waals surface area (Å²) in [5, 5.41) is 0. The van der Waals surface area contributed by atoms with Gasteiger partial charge in [0.15, 0.2) is 17.9 Å². The topological polar surface area (TPSA) is 46.6 Å². The maximum Gasteiger partial charge on any atom is 0.196 e.